The van der Waals surface area contributed by atoms with E-state index in [1.54, 1.807) is 11.3 Å². The highest BCUT2D eigenvalue weighted by molar-refractivity contribution is 14.1. The second-order valence-electron chi connectivity index (χ2n) is 4.70. The lowest BCUT2D eigenvalue weighted by atomic mass is 10.0. The van der Waals surface area contributed by atoms with Crippen molar-refractivity contribution in [1.29, 1.82) is 0 Å². The van der Waals surface area contributed by atoms with Crippen molar-refractivity contribution >= 4 is 39.8 Å². The minimum Gasteiger partial charge on any atom is -0.331 e. The van der Waals surface area contributed by atoms with Crippen molar-refractivity contribution in [1.82, 2.24) is 4.90 Å². The third kappa shape index (κ3) is 2.31. The molecule has 0 saturated heterocycles. The van der Waals surface area contributed by atoms with Gasteiger partial charge in [0.15, 0.2) is 0 Å². The second kappa shape index (κ2) is 5.25. The van der Waals surface area contributed by atoms with E-state index in [1.165, 1.54) is 10.4 Å². The molecular formula is C15H14INOS. The van der Waals surface area contributed by atoms with Crippen LogP contribution in [0.4, 0.5) is 0 Å². The standard InChI is InChI=1S/C15H14INOS/c1-10-11-7-9-19-14(11)6-8-17(10)15(18)12-4-2-3-5-13(12)16/h2-5,7,9-10H,6,8H2,1H3. The Balaban J connectivity index is 1.92. The summed E-state index contributed by atoms with van der Waals surface area (Å²) in [5, 5.41) is 2.13. The Morgan fingerprint density at radius 2 is 2.16 bits per heavy atom. The minimum absolute atomic E-state index is 0.148. The van der Waals surface area contributed by atoms with Gasteiger partial charge in [-0.15, -0.1) is 11.3 Å². The number of nitrogens with zero attached hydrogens (tertiary/aromatic N) is 1. The predicted octanol–water partition coefficient (Wildman–Crippen LogP) is 4.11. The molecule has 1 aromatic heterocycles. The van der Waals surface area contributed by atoms with Gasteiger partial charge < -0.3 is 4.90 Å². The van der Waals surface area contributed by atoms with Gasteiger partial charge in [0.1, 0.15) is 0 Å². The summed E-state index contributed by atoms with van der Waals surface area (Å²) in [5.41, 5.74) is 2.13. The molecule has 1 aromatic carbocycles. The Morgan fingerprint density at radius 1 is 1.37 bits per heavy atom. The number of thiophene rings is 1. The molecule has 1 aliphatic rings. The van der Waals surface area contributed by atoms with Crippen LogP contribution in [0.3, 0.4) is 0 Å². The van der Waals surface area contributed by atoms with E-state index >= 15 is 0 Å². The summed E-state index contributed by atoms with van der Waals surface area (Å²) >= 11 is 4.03. The Hall–Kier alpha value is -0.880. The van der Waals surface area contributed by atoms with Gasteiger partial charge in [0.05, 0.1) is 11.6 Å². The topological polar surface area (TPSA) is 20.3 Å². The van der Waals surface area contributed by atoms with Gasteiger partial charge >= 0.3 is 0 Å². The molecule has 0 N–H and O–H groups in total. The molecule has 0 aliphatic carbocycles. The fourth-order valence-corrected chi connectivity index (χ4v) is 4.16. The molecule has 0 bridgehead atoms. The highest BCUT2D eigenvalue weighted by atomic mass is 127. The van der Waals surface area contributed by atoms with Crippen molar-refractivity contribution in [2.24, 2.45) is 0 Å². The lowest BCUT2D eigenvalue weighted by Gasteiger charge is -2.34. The molecule has 1 amide bonds. The SMILES string of the molecule is CC1c2ccsc2CCN1C(=O)c1ccccc1I. The van der Waals surface area contributed by atoms with Gasteiger partial charge in [-0.05, 0) is 65.1 Å². The van der Waals surface area contributed by atoms with Crippen molar-refractivity contribution in [3.05, 3.63) is 55.3 Å². The van der Waals surface area contributed by atoms with Gasteiger partial charge in [-0.3, -0.25) is 4.79 Å². The molecular weight excluding hydrogens is 369 g/mol. The maximum absolute atomic E-state index is 12.7. The van der Waals surface area contributed by atoms with Crippen LogP contribution in [0.25, 0.3) is 0 Å². The van der Waals surface area contributed by atoms with Gasteiger partial charge in [-0.1, -0.05) is 12.1 Å². The zero-order chi connectivity index (χ0) is 13.4. The van der Waals surface area contributed by atoms with Crippen LogP contribution in [-0.4, -0.2) is 17.4 Å². The molecule has 0 spiro atoms. The van der Waals surface area contributed by atoms with Crippen molar-refractivity contribution in [2.75, 3.05) is 6.54 Å². The van der Waals surface area contributed by atoms with Gasteiger partial charge in [-0.2, -0.15) is 0 Å². The molecule has 2 aromatic rings. The van der Waals surface area contributed by atoms with E-state index in [9.17, 15) is 4.79 Å². The smallest absolute Gasteiger partial charge is 0.255 e. The normalized spacial score (nSPS) is 18.2. The maximum atomic E-state index is 12.7. The summed E-state index contributed by atoms with van der Waals surface area (Å²) in [6, 6.07) is 10.1. The third-order valence-corrected chi connectivity index (χ3v) is 5.58. The van der Waals surface area contributed by atoms with Crippen LogP contribution in [0.5, 0.6) is 0 Å². The molecule has 1 unspecified atom stereocenters. The van der Waals surface area contributed by atoms with E-state index in [-0.39, 0.29) is 11.9 Å². The van der Waals surface area contributed by atoms with Gasteiger partial charge in [0.2, 0.25) is 0 Å². The Kier molecular flexibility index (Phi) is 3.62. The summed E-state index contributed by atoms with van der Waals surface area (Å²) in [6.07, 6.45) is 0.979. The number of fused-ring (bicyclic) bond motifs is 1. The average molecular weight is 383 g/mol. The Morgan fingerprint density at radius 3 is 2.95 bits per heavy atom. The van der Waals surface area contributed by atoms with Gasteiger partial charge in [0.25, 0.3) is 5.91 Å². The first-order valence-corrected chi connectivity index (χ1v) is 8.26. The molecule has 2 heterocycles. The van der Waals surface area contributed by atoms with Crippen molar-refractivity contribution in [3.63, 3.8) is 0 Å². The Labute approximate surface area is 130 Å². The van der Waals surface area contributed by atoms with Crippen molar-refractivity contribution in [2.45, 2.75) is 19.4 Å². The fraction of sp³-hybridized carbons (Fsp3) is 0.267. The first-order valence-electron chi connectivity index (χ1n) is 6.30. The Bertz CT molecular complexity index is 622. The van der Waals surface area contributed by atoms with E-state index in [0.717, 1.165) is 22.1 Å². The molecule has 0 radical (unpaired) electrons. The van der Waals surface area contributed by atoms with E-state index in [2.05, 4.69) is 41.0 Å². The highest BCUT2D eigenvalue weighted by Gasteiger charge is 2.29. The summed E-state index contributed by atoms with van der Waals surface area (Å²) in [5.74, 6) is 0.148. The molecule has 1 aliphatic heterocycles. The zero-order valence-electron chi connectivity index (χ0n) is 10.6. The van der Waals surface area contributed by atoms with E-state index in [0.29, 0.717) is 0 Å². The number of halogens is 1. The highest BCUT2D eigenvalue weighted by Crippen LogP contribution is 2.34. The summed E-state index contributed by atoms with van der Waals surface area (Å²) < 4.78 is 1.02. The molecule has 2 nitrogen and oxygen atoms in total. The summed E-state index contributed by atoms with van der Waals surface area (Å²) in [4.78, 5) is 16.1. The number of benzene rings is 1. The zero-order valence-corrected chi connectivity index (χ0v) is 13.6. The minimum atomic E-state index is 0.148. The van der Waals surface area contributed by atoms with Crippen molar-refractivity contribution in [3.8, 4) is 0 Å². The second-order valence-corrected chi connectivity index (χ2v) is 6.87. The molecule has 1 atom stereocenters. The quantitative estimate of drug-likeness (QED) is 0.679. The monoisotopic (exact) mass is 383 g/mol. The van der Waals surface area contributed by atoms with Crippen LogP contribution in [0.1, 0.15) is 33.8 Å². The number of amides is 1. The van der Waals surface area contributed by atoms with Crippen LogP contribution in [0.15, 0.2) is 35.7 Å². The predicted molar refractivity (Wildman–Crippen MR) is 86.6 cm³/mol. The lowest BCUT2D eigenvalue weighted by molar-refractivity contribution is 0.0678. The van der Waals surface area contributed by atoms with Gasteiger partial charge in [-0.25, -0.2) is 0 Å². The average Bonchev–Trinajstić information content (AvgIpc) is 2.88. The third-order valence-electron chi connectivity index (χ3n) is 3.64. The molecule has 19 heavy (non-hydrogen) atoms. The summed E-state index contributed by atoms with van der Waals surface area (Å²) in [6.45, 7) is 2.94. The number of rotatable bonds is 1. The van der Waals surface area contributed by atoms with Crippen LogP contribution in [-0.2, 0) is 6.42 Å². The number of carbonyl (C=O) groups excluding carboxylic acids is 1. The van der Waals surface area contributed by atoms with E-state index in [1.807, 2.05) is 29.2 Å². The van der Waals surface area contributed by atoms with Crippen LogP contribution in [0.2, 0.25) is 0 Å². The summed E-state index contributed by atoms with van der Waals surface area (Å²) in [7, 11) is 0. The largest absolute Gasteiger partial charge is 0.331 e. The van der Waals surface area contributed by atoms with E-state index in [4.69, 9.17) is 0 Å². The van der Waals surface area contributed by atoms with E-state index < -0.39 is 0 Å². The molecule has 98 valence electrons. The van der Waals surface area contributed by atoms with Gasteiger partial charge in [0, 0.05) is 15.0 Å². The van der Waals surface area contributed by atoms with Crippen molar-refractivity contribution < 1.29 is 4.79 Å². The molecule has 4 heteroatoms. The first-order chi connectivity index (χ1) is 9.18. The first kappa shape index (κ1) is 13.1. The number of hydrogen-bond donors (Lipinski definition) is 0. The molecule has 0 saturated carbocycles. The maximum Gasteiger partial charge on any atom is 0.255 e. The number of carbonyl (C=O) groups is 1. The van der Waals surface area contributed by atoms with Crippen LogP contribution >= 0.6 is 33.9 Å². The van der Waals surface area contributed by atoms with Crippen LogP contribution in [0, 0.1) is 3.57 Å². The molecule has 3 rings (SSSR count). The number of hydrogen-bond acceptors (Lipinski definition) is 2. The fourth-order valence-electron chi connectivity index (χ4n) is 2.58. The van der Waals surface area contributed by atoms with Crippen LogP contribution < -0.4 is 0 Å². The lowest BCUT2D eigenvalue weighted by Crippen LogP contribution is -2.38. The molecule has 0 fully saturated rings.